The average Bonchev–Trinajstić information content (AvgIpc) is 3.39. The number of carbonyl (C=O) groups is 2. The summed E-state index contributed by atoms with van der Waals surface area (Å²) in [5.74, 6) is 1.12. The van der Waals surface area contributed by atoms with Crippen LogP contribution < -0.4 is 10.1 Å². The lowest BCUT2D eigenvalue weighted by atomic mass is 9.61. The van der Waals surface area contributed by atoms with E-state index in [0.29, 0.717) is 22.3 Å². The van der Waals surface area contributed by atoms with E-state index in [9.17, 15) is 14.7 Å². The first-order valence-electron chi connectivity index (χ1n) is 11.9. The van der Waals surface area contributed by atoms with E-state index < -0.39 is 0 Å². The van der Waals surface area contributed by atoms with Crippen LogP contribution in [0.15, 0.2) is 65.4 Å². The molecule has 3 heterocycles. The molecule has 6 nitrogen and oxygen atoms in total. The highest BCUT2D eigenvalue weighted by Crippen LogP contribution is 2.64. The monoisotopic (exact) mass is 457 g/mol. The van der Waals surface area contributed by atoms with Gasteiger partial charge in [-0.05, 0) is 48.4 Å². The van der Waals surface area contributed by atoms with Gasteiger partial charge >= 0.3 is 0 Å². The van der Waals surface area contributed by atoms with Gasteiger partial charge in [0, 0.05) is 35.6 Å². The largest absolute Gasteiger partial charge is 0.506 e. The van der Waals surface area contributed by atoms with E-state index in [-0.39, 0.29) is 28.9 Å². The fraction of sp³-hybridized carbons (Fsp3) is 0.357. The van der Waals surface area contributed by atoms with Gasteiger partial charge in [-0.1, -0.05) is 18.2 Å². The Bertz CT molecular complexity index is 1280. The molecular formula is C28H29N2O4+. The van der Waals surface area contributed by atoms with Crippen molar-refractivity contribution in [1.29, 1.82) is 0 Å². The van der Waals surface area contributed by atoms with E-state index in [0.717, 1.165) is 54.8 Å². The summed E-state index contributed by atoms with van der Waals surface area (Å²) in [6.07, 6.45) is 4.82. The summed E-state index contributed by atoms with van der Waals surface area (Å²) in [7, 11) is 1.62. The maximum Gasteiger partial charge on any atom is 0.216 e. The van der Waals surface area contributed by atoms with Crippen LogP contribution >= 0.6 is 0 Å². The number of carbonyl (C=O) groups excluding carboxylic acids is 2. The first-order valence-corrected chi connectivity index (χ1v) is 11.9. The van der Waals surface area contributed by atoms with Crippen molar-refractivity contribution in [3.63, 3.8) is 0 Å². The zero-order chi connectivity index (χ0) is 23.7. The number of hydrogen-bond donors (Lipinski definition) is 2. The molecule has 6 rings (SSSR count). The summed E-state index contributed by atoms with van der Waals surface area (Å²) in [6.45, 7) is 4.07. The van der Waals surface area contributed by atoms with Crippen LogP contribution in [0.4, 0.5) is 5.69 Å². The SMILES string of the molecule is C/C=C1/C[N+]2(CC(=O)c3ccc(OC)cc3)CC[C@]34C(=C(C=O)[C@H]1CC32)Nc1c(O)cccc14. The van der Waals surface area contributed by atoms with Crippen LogP contribution in [-0.2, 0) is 10.2 Å². The van der Waals surface area contributed by atoms with Crippen LogP contribution in [-0.4, -0.2) is 54.4 Å². The van der Waals surface area contributed by atoms with Crippen molar-refractivity contribution in [2.75, 3.05) is 32.1 Å². The number of phenols is 1. The summed E-state index contributed by atoms with van der Waals surface area (Å²) < 4.78 is 5.94. The number of nitrogens with one attached hydrogen (secondary N) is 1. The molecule has 0 radical (unpaired) electrons. The van der Waals surface area contributed by atoms with Gasteiger partial charge in [-0.2, -0.15) is 0 Å². The molecule has 2 aromatic rings. The Morgan fingerprint density at radius 2 is 2.06 bits per heavy atom. The molecular weight excluding hydrogens is 428 g/mol. The van der Waals surface area contributed by atoms with Gasteiger partial charge in [-0.3, -0.25) is 9.59 Å². The van der Waals surface area contributed by atoms with E-state index in [1.54, 1.807) is 13.2 Å². The highest BCUT2D eigenvalue weighted by molar-refractivity contribution is 5.97. The normalized spacial score (nSPS) is 31.6. The van der Waals surface area contributed by atoms with Crippen LogP contribution in [0.3, 0.4) is 0 Å². The summed E-state index contributed by atoms with van der Waals surface area (Å²) in [5, 5.41) is 14.1. The number of para-hydroxylation sites is 1. The molecule has 2 aromatic carbocycles. The van der Waals surface area contributed by atoms with E-state index in [4.69, 9.17) is 4.74 Å². The van der Waals surface area contributed by atoms with Gasteiger partial charge in [-0.15, -0.1) is 0 Å². The summed E-state index contributed by atoms with van der Waals surface area (Å²) >= 11 is 0. The minimum atomic E-state index is -0.375. The quantitative estimate of drug-likeness (QED) is 0.234. The third-order valence-electron chi connectivity index (χ3n) is 8.84. The number of benzene rings is 2. The van der Waals surface area contributed by atoms with Crippen LogP contribution in [0.5, 0.6) is 11.5 Å². The molecule has 2 fully saturated rings. The molecule has 0 amide bonds. The Morgan fingerprint density at radius 3 is 2.76 bits per heavy atom. The van der Waals surface area contributed by atoms with Crippen LogP contribution in [0.1, 0.15) is 35.7 Å². The van der Waals surface area contributed by atoms with E-state index >= 15 is 0 Å². The molecule has 2 saturated heterocycles. The predicted octanol–water partition coefficient (Wildman–Crippen LogP) is 3.97. The minimum absolute atomic E-state index is 0.0556. The van der Waals surface area contributed by atoms with Crippen molar-refractivity contribution in [3.05, 3.63) is 76.5 Å². The van der Waals surface area contributed by atoms with Gasteiger partial charge in [0.1, 0.15) is 36.9 Å². The number of phenolic OH excluding ortho intramolecular Hbond substituents is 1. The first kappa shape index (κ1) is 21.2. The van der Waals surface area contributed by atoms with Gasteiger partial charge in [0.15, 0.2) is 0 Å². The Kier molecular flexibility index (Phi) is 4.55. The molecule has 2 bridgehead atoms. The van der Waals surface area contributed by atoms with E-state index in [1.807, 2.05) is 37.3 Å². The predicted molar refractivity (Wildman–Crippen MR) is 129 cm³/mol. The number of rotatable bonds is 5. The Hall–Kier alpha value is -3.38. The van der Waals surface area contributed by atoms with Crippen LogP contribution in [0.25, 0.3) is 0 Å². The molecule has 0 saturated carbocycles. The number of piperidine rings is 1. The fourth-order valence-electron chi connectivity index (χ4n) is 7.34. The van der Waals surface area contributed by atoms with Crippen molar-refractivity contribution in [2.45, 2.75) is 31.2 Å². The molecule has 1 spiro atoms. The Morgan fingerprint density at radius 1 is 1.26 bits per heavy atom. The molecule has 4 atom stereocenters. The molecule has 1 aliphatic carbocycles. The number of aldehydes is 1. The van der Waals surface area contributed by atoms with Gasteiger partial charge < -0.3 is 19.6 Å². The molecule has 3 aliphatic heterocycles. The zero-order valence-corrected chi connectivity index (χ0v) is 19.5. The lowest BCUT2D eigenvalue weighted by Gasteiger charge is -2.53. The number of nitrogens with zero attached hydrogens (tertiary/aromatic N) is 1. The van der Waals surface area contributed by atoms with Gasteiger partial charge in [-0.25, -0.2) is 0 Å². The standard InChI is InChI=1S/C28H28N2O4/c1-3-17-14-30(15-24(33)18-7-9-19(34-2)10-8-18)12-11-28-22-5-4-6-23(32)26(22)29-27(28)21(16-31)20(17)13-25(28)30/h3-10,16,20,25H,11-15H2,1-2H3,(H-,29,31,32)/p+1/b17-3-/t20-,25?,28+,30?/m0/s1. The van der Waals surface area contributed by atoms with Gasteiger partial charge in [0.2, 0.25) is 5.78 Å². The third kappa shape index (κ3) is 2.60. The second-order valence-electron chi connectivity index (χ2n) is 10.1. The van der Waals surface area contributed by atoms with Crippen molar-refractivity contribution in [3.8, 4) is 11.5 Å². The van der Waals surface area contributed by atoms with Crippen LogP contribution in [0.2, 0.25) is 0 Å². The number of anilines is 1. The number of ketones is 1. The summed E-state index contributed by atoms with van der Waals surface area (Å²) in [4.78, 5) is 26.0. The van der Waals surface area contributed by atoms with Crippen molar-refractivity contribution >= 4 is 17.8 Å². The van der Waals surface area contributed by atoms with Gasteiger partial charge in [0.05, 0.1) is 24.8 Å². The van der Waals surface area contributed by atoms with Crippen LogP contribution in [0, 0.1) is 5.92 Å². The third-order valence-corrected chi connectivity index (χ3v) is 8.84. The first-order chi connectivity index (χ1) is 16.5. The second-order valence-corrected chi connectivity index (χ2v) is 10.1. The molecule has 0 aromatic heterocycles. The zero-order valence-electron chi connectivity index (χ0n) is 19.5. The number of Topliss-reactive ketones (excluding diaryl/α,β-unsaturated/α-hetero) is 1. The second kappa shape index (κ2) is 7.31. The smallest absolute Gasteiger partial charge is 0.216 e. The molecule has 2 unspecified atom stereocenters. The number of ether oxygens (including phenoxy) is 1. The maximum absolute atomic E-state index is 13.6. The number of aromatic hydroxyl groups is 1. The molecule has 174 valence electrons. The molecule has 6 heteroatoms. The summed E-state index contributed by atoms with van der Waals surface area (Å²) in [6, 6.07) is 13.2. The maximum atomic E-state index is 13.6. The molecule has 34 heavy (non-hydrogen) atoms. The van der Waals surface area contributed by atoms with Crippen molar-refractivity contribution in [2.24, 2.45) is 5.92 Å². The fourth-order valence-corrected chi connectivity index (χ4v) is 7.34. The lowest BCUT2D eigenvalue weighted by Crippen LogP contribution is -2.64. The Labute approximate surface area is 199 Å². The number of hydrogen-bond acceptors (Lipinski definition) is 5. The number of methoxy groups -OCH3 is 1. The van der Waals surface area contributed by atoms with E-state index in [1.165, 1.54) is 5.57 Å². The lowest BCUT2D eigenvalue weighted by molar-refractivity contribution is -0.934. The highest BCUT2D eigenvalue weighted by Gasteiger charge is 2.69. The topological polar surface area (TPSA) is 75.6 Å². The molecule has 4 aliphatic rings. The van der Waals surface area contributed by atoms with E-state index in [2.05, 4.69) is 17.5 Å². The van der Waals surface area contributed by atoms with Crippen molar-refractivity contribution in [1.82, 2.24) is 0 Å². The molecule has 2 N–H and O–H groups in total. The average molecular weight is 458 g/mol. The summed E-state index contributed by atoms with van der Waals surface area (Å²) in [5.41, 5.74) is 5.07. The Balaban J connectivity index is 1.49. The van der Waals surface area contributed by atoms with Crippen molar-refractivity contribution < 1.29 is 23.9 Å². The number of quaternary nitrogens is 1. The van der Waals surface area contributed by atoms with Gasteiger partial charge in [0.25, 0.3) is 0 Å². The number of allylic oxidation sites excluding steroid dienone is 2. The highest BCUT2D eigenvalue weighted by atomic mass is 16.5. The minimum Gasteiger partial charge on any atom is -0.506 e. The number of fused-ring (bicyclic) bond motifs is 2.